The van der Waals surface area contributed by atoms with Crippen molar-refractivity contribution < 1.29 is 0 Å². The van der Waals surface area contributed by atoms with Crippen molar-refractivity contribution in [3.05, 3.63) is 32.4 Å². The van der Waals surface area contributed by atoms with Crippen LogP contribution in [0.3, 0.4) is 0 Å². The highest BCUT2D eigenvalue weighted by atomic mass is 35.5. The molecule has 0 atom stereocenters. The lowest BCUT2D eigenvalue weighted by Crippen LogP contribution is -1.97. The minimum atomic E-state index is 0.494. The maximum Gasteiger partial charge on any atom is 0.144 e. The zero-order valence-corrected chi connectivity index (χ0v) is 11.1. The van der Waals surface area contributed by atoms with Crippen molar-refractivity contribution in [2.45, 2.75) is 0 Å². The fourth-order valence-corrected chi connectivity index (χ4v) is 2.89. The molecular weight excluding hydrogens is 277 g/mol. The summed E-state index contributed by atoms with van der Waals surface area (Å²) in [6, 6.07) is 7.29. The maximum atomic E-state index is 8.89. The van der Waals surface area contributed by atoms with Gasteiger partial charge in [-0.1, -0.05) is 23.2 Å². The first-order chi connectivity index (χ1) is 8.15. The SMILES string of the molecule is CNc1nc(-c2cc(Cl)sc2Cl)ccc1C#N. The van der Waals surface area contributed by atoms with E-state index in [9.17, 15) is 0 Å². The van der Waals surface area contributed by atoms with Crippen molar-refractivity contribution in [3.63, 3.8) is 0 Å². The van der Waals surface area contributed by atoms with Gasteiger partial charge in [-0.3, -0.25) is 0 Å². The van der Waals surface area contributed by atoms with E-state index < -0.39 is 0 Å². The van der Waals surface area contributed by atoms with Gasteiger partial charge in [0.1, 0.15) is 16.2 Å². The summed E-state index contributed by atoms with van der Waals surface area (Å²) in [5.74, 6) is 0.531. The molecule has 2 rings (SSSR count). The van der Waals surface area contributed by atoms with Crippen molar-refractivity contribution in [1.82, 2.24) is 4.98 Å². The molecule has 86 valence electrons. The summed E-state index contributed by atoms with van der Waals surface area (Å²) in [5, 5.41) is 11.8. The highest BCUT2D eigenvalue weighted by Crippen LogP contribution is 2.37. The largest absolute Gasteiger partial charge is 0.372 e. The number of anilines is 1. The minimum Gasteiger partial charge on any atom is -0.372 e. The van der Waals surface area contributed by atoms with Crippen LogP contribution in [0.4, 0.5) is 5.82 Å². The molecule has 3 nitrogen and oxygen atoms in total. The standard InChI is InChI=1S/C11H7Cl2N3S/c1-15-11-6(5-14)2-3-8(16-11)7-4-9(12)17-10(7)13/h2-4H,1H3,(H,15,16). The number of pyridine rings is 1. The first kappa shape index (κ1) is 12.2. The second kappa shape index (κ2) is 4.92. The second-order valence-corrected chi connectivity index (χ2v) is 5.48. The third-order valence-electron chi connectivity index (χ3n) is 2.19. The van der Waals surface area contributed by atoms with Crippen LogP contribution in [-0.2, 0) is 0 Å². The second-order valence-electron chi connectivity index (χ2n) is 3.19. The van der Waals surface area contributed by atoms with Gasteiger partial charge in [0, 0.05) is 12.6 Å². The number of nitrogens with one attached hydrogen (secondary N) is 1. The van der Waals surface area contributed by atoms with E-state index >= 15 is 0 Å². The number of rotatable bonds is 2. The molecule has 0 saturated carbocycles. The summed E-state index contributed by atoms with van der Waals surface area (Å²) < 4.78 is 1.21. The third kappa shape index (κ3) is 2.37. The quantitative estimate of drug-likeness (QED) is 0.905. The molecule has 0 unspecified atom stereocenters. The number of hydrogen-bond donors (Lipinski definition) is 1. The van der Waals surface area contributed by atoms with Crippen LogP contribution in [0.25, 0.3) is 11.3 Å². The van der Waals surface area contributed by atoms with Crippen LogP contribution in [0.1, 0.15) is 5.56 Å². The monoisotopic (exact) mass is 283 g/mol. The summed E-state index contributed by atoms with van der Waals surface area (Å²) in [6.45, 7) is 0. The Morgan fingerprint density at radius 1 is 1.41 bits per heavy atom. The molecule has 0 aliphatic rings. The number of nitrogens with zero attached hydrogens (tertiary/aromatic N) is 2. The summed E-state index contributed by atoms with van der Waals surface area (Å²) >= 11 is 13.2. The van der Waals surface area contributed by atoms with Gasteiger partial charge in [-0.15, -0.1) is 11.3 Å². The molecular formula is C11H7Cl2N3S. The number of halogens is 2. The summed E-state index contributed by atoms with van der Waals surface area (Å²) in [7, 11) is 1.72. The van der Waals surface area contributed by atoms with Crippen LogP contribution >= 0.6 is 34.5 Å². The average molecular weight is 284 g/mol. The smallest absolute Gasteiger partial charge is 0.144 e. The van der Waals surface area contributed by atoms with E-state index in [1.807, 2.05) is 0 Å². The number of thiophene rings is 1. The van der Waals surface area contributed by atoms with Crippen molar-refractivity contribution in [1.29, 1.82) is 5.26 Å². The Bertz CT molecular complexity index is 601. The van der Waals surface area contributed by atoms with Crippen molar-refractivity contribution >= 4 is 40.4 Å². The average Bonchev–Trinajstić information content (AvgIpc) is 2.67. The van der Waals surface area contributed by atoms with Gasteiger partial charge in [0.2, 0.25) is 0 Å². The molecule has 0 aromatic carbocycles. The molecule has 0 spiro atoms. The van der Waals surface area contributed by atoms with Gasteiger partial charge >= 0.3 is 0 Å². The Morgan fingerprint density at radius 2 is 2.18 bits per heavy atom. The first-order valence-corrected chi connectivity index (χ1v) is 6.27. The lowest BCUT2D eigenvalue weighted by molar-refractivity contribution is 1.27. The molecule has 0 radical (unpaired) electrons. The Morgan fingerprint density at radius 3 is 2.71 bits per heavy atom. The molecule has 0 fully saturated rings. The van der Waals surface area contributed by atoms with Crippen molar-refractivity contribution in [2.75, 3.05) is 12.4 Å². The van der Waals surface area contributed by atoms with Gasteiger partial charge in [0.05, 0.1) is 15.6 Å². The van der Waals surface area contributed by atoms with Gasteiger partial charge in [0.25, 0.3) is 0 Å². The van der Waals surface area contributed by atoms with Gasteiger partial charge < -0.3 is 5.32 Å². The summed E-state index contributed by atoms with van der Waals surface area (Å²) in [5.41, 5.74) is 1.97. The van der Waals surface area contributed by atoms with Gasteiger partial charge in [-0.25, -0.2) is 4.98 Å². The Labute approximate surface area is 113 Å². The molecule has 0 saturated heterocycles. The van der Waals surface area contributed by atoms with E-state index in [-0.39, 0.29) is 0 Å². The fraction of sp³-hybridized carbons (Fsp3) is 0.0909. The topological polar surface area (TPSA) is 48.7 Å². The molecule has 1 N–H and O–H groups in total. The minimum absolute atomic E-state index is 0.494. The van der Waals surface area contributed by atoms with Crippen LogP contribution < -0.4 is 5.32 Å². The maximum absolute atomic E-state index is 8.89. The summed E-state index contributed by atoms with van der Waals surface area (Å²) in [6.07, 6.45) is 0. The van der Waals surface area contributed by atoms with E-state index in [0.717, 1.165) is 5.56 Å². The molecule has 0 aliphatic carbocycles. The van der Waals surface area contributed by atoms with Crippen LogP contribution in [0, 0.1) is 11.3 Å². The highest BCUT2D eigenvalue weighted by molar-refractivity contribution is 7.20. The Balaban J connectivity index is 2.54. The predicted octanol–water partition coefficient (Wildman–Crippen LogP) is 4.03. The van der Waals surface area contributed by atoms with Gasteiger partial charge in [0.15, 0.2) is 0 Å². The third-order valence-corrected chi connectivity index (χ3v) is 3.67. The van der Waals surface area contributed by atoms with E-state index in [1.54, 1.807) is 25.2 Å². The highest BCUT2D eigenvalue weighted by Gasteiger charge is 2.11. The van der Waals surface area contributed by atoms with Gasteiger partial charge in [-0.05, 0) is 18.2 Å². The molecule has 0 bridgehead atoms. The zero-order chi connectivity index (χ0) is 12.4. The van der Waals surface area contributed by atoms with Crippen molar-refractivity contribution in [2.24, 2.45) is 0 Å². The lowest BCUT2D eigenvalue weighted by atomic mass is 10.2. The predicted molar refractivity (Wildman–Crippen MR) is 71.8 cm³/mol. The Kier molecular flexibility index (Phi) is 3.53. The molecule has 0 amide bonds. The van der Waals surface area contributed by atoms with Crippen LogP contribution in [-0.4, -0.2) is 12.0 Å². The fourth-order valence-electron chi connectivity index (χ4n) is 1.40. The Hall–Kier alpha value is -1.28. The number of nitriles is 1. The van der Waals surface area contributed by atoms with E-state index in [0.29, 0.717) is 25.7 Å². The normalized spacial score (nSPS) is 10.0. The van der Waals surface area contributed by atoms with Crippen LogP contribution in [0.15, 0.2) is 18.2 Å². The van der Waals surface area contributed by atoms with Crippen LogP contribution in [0.2, 0.25) is 8.67 Å². The molecule has 6 heteroatoms. The molecule has 2 aromatic rings. The van der Waals surface area contributed by atoms with E-state index in [4.69, 9.17) is 28.5 Å². The van der Waals surface area contributed by atoms with Crippen LogP contribution in [0.5, 0.6) is 0 Å². The first-order valence-electron chi connectivity index (χ1n) is 4.70. The number of hydrogen-bond acceptors (Lipinski definition) is 4. The molecule has 17 heavy (non-hydrogen) atoms. The molecule has 2 aromatic heterocycles. The van der Waals surface area contributed by atoms with Crippen molar-refractivity contribution in [3.8, 4) is 17.3 Å². The molecule has 0 aliphatic heterocycles. The van der Waals surface area contributed by atoms with Gasteiger partial charge in [-0.2, -0.15) is 5.26 Å². The molecule has 2 heterocycles. The lowest BCUT2D eigenvalue weighted by Gasteiger charge is -2.04. The van der Waals surface area contributed by atoms with E-state index in [2.05, 4.69) is 16.4 Å². The summed E-state index contributed by atoms with van der Waals surface area (Å²) in [4.78, 5) is 4.34. The zero-order valence-electron chi connectivity index (χ0n) is 8.79. The van der Waals surface area contributed by atoms with E-state index in [1.165, 1.54) is 11.3 Å². The number of aromatic nitrogens is 1.